The fourth-order valence-corrected chi connectivity index (χ4v) is 2.78. The lowest BCUT2D eigenvalue weighted by atomic mass is 10.1. The summed E-state index contributed by atoms with van der Waals surface area (Å²) in [5, 5.41) is 6.46. The number of carbonyl (C=O) groups excluding carboxylic acids is 1. The Hall–Kier alpha value is -1.33. The van der Waals surface area contributed by atoms with Crippen LogP contribution in [-0.2, 0) is 0 Å². The first-order valence-corrected chi connectivity index (χ1v) is 7.91. The average molecular weight is 311 g/mol. The fraction of sp³-hybridized carbons (Fsp3) is 0.600. The van der Waals surface area contributed by atoms with Crippen LogP contribution in [-0.4, -0.2) is 48.5 Å². The lowest BCUT2D eigenvalue weighted by molar-refractivity contribution is 0.0947. The molecule has 2 rings (SSSR count). The Kier molecular flexibility index (Phi) is 5.82. The molecule has 1 amide bonds. The quantitative estimate of drug-likeness (QED) is 0.846. The van der Waals surface area contributed by atoms with Gasteiger partial charge < -0.3 is 15.5 Å². The third kappa shape index (κ3) is 4.32. The monoisotopic (exact) mass is 310 g/mol. The third-order valence-corrected chi connectivity index (χ3v) is 4.13. The molecule has 1 atom stereocenters. The second-order valence-electron chi connectivity index (χ2n) is 5.34. The number of hydrogen-bond acceptors (Lipinski definition) is 4. The molecule has 2 heterocycles. The normalized spacial score (nSPS) is 18.7. The van der Waals surface area contributed by atoms with E-state index in [4.69, 9.17) is 11.6 Å². The Balaban J connectivity index is 1.92. The third-order valence-electron chi connectivity index (χ3n) is 3.83. The van der Waals surface area contributed by atoms with E-state index < -0.39 is 0 Å². The molecule has 1 aliphatic heterocycles. The Morgan fingerprint density at radius 2 is 2.33 bits per heavy atom. The number of rotatable bonds is 6. The predicted molar refractivity (Wildman–Crippen MR) is 86.0 cm³/mol. The van der Waals surface area contributed by atoms with Gasteiger partial charge in [-0.1, -0.05) is 18.5 Å². The second-order valence-corrected chi connectivity index (χ2v) is 5.74. The number of nitrogens with one attached hydrogen (secondary N) is 2. The summed E-state index contributed by atoms with van der Waals surface area (Å²) < 4.78 is 0. The van der Waals surface area contributed by atoms with Crippen molar-refractivity contribution in [3.05, 3.63) is 22.8 Å². The summed E-state index contributed by atoms with van der Waals surface area (Å²) in [4.78, 5) is 18.8. The number of halogens is 1. The average Bonchev–Trinajstić information content (AvgIpc) is 2.95. The van der Waals surface area contributed by atoms with Crippen LogP contribution in [0.25, 0.3) is 0 Å². The fourth-order valence-electron chi connectivity index (χ4n) is 2.59. The molecular formula is C15H23ClN4O. The highest BCUT2D eigenvalue weighted by atomic mass is 35.5. The minimum atomic E-state index is -0.128. The maximum atomic E-state index is 12.3. The molecule has 21 heavy (non-hydrogen) atoms. The van der Waals surface area contributed by atoms with Crippen LogP contribution in [0.4, 0.5) is 5.82 Å². The van der Waals surface area contributed by atoms with E-state index in [1.54, 1.807) is 6.07 Å². The molecule has 1 fully saturated rings. The highest BCUT2D eigenvalue weighted by Gasteiger charge is 2.22. The SMILES string of the molecule is CCNc1cc(C(=O)NCC2CCN(CC)C2)c(Cl)cn1. The van der Waals surface area contributed by atoms with Crippen molar-refractivity contribution in [2.75, 3.05) is 38.0 Å². The summed E-state index contributed by atoms with van der Waals surface area (Å²) in [6, 6.07) is 1.70. The van der Waals surface area contributed by atoms with Gasteiger partial charge in [0.15, 0.2) is 0 Å². The summed E-state index contributed by atoms with van der Waals surface area (Å²) in [7, 11) is 0. The Morgan fingerprint density at radius 3 is 3.00 bits per heavy atom. The molecule has 0 bridgehead atoms. The largest absolute Gasteiger partial charge is 0.370 e. The lowest BCUT2D eigenvalue weighted by Crippen LogP contribution is -2.31. The van der Waals surface area contributed by atoms with Crippen LogP contribution in [0.1, 0.15) is 30.6 Å². The van der Waals surface area contributed by atoms with Gasteiger partial charge in [0.1, 0.15) is 5.82 Å². The van der Waals surface area contributed by atoms with Gasteiger partial charge in [-0.15, -0.1) is 0 Å². The van der Waals surface area contributed by atoms with Crippen molar-refractivity contribution >= 4 is 23.3 Å². The van der Waals surface area contributed by atoms with Gasteiger partial charge in [0.2, 0.25) is 0 Å². The van der Waals surface area contributed by atoms with E-state index in [0.29, 0.717) is 28.9 Å². The van der Waals surface area contributed by atoms with Crippen molar-refractivity contribution < 1.29 is 4.79 Å². The molecule has 1 aliphatic rings. The number of amides is 1. The molecule has 1 aromatic heterocycles. The highest BCUT2D eigenvalue weighted by molar-refractivity contribution is 6.33. The summed E-state index contributed by atoms with van der Waals surface area (Å²) in [6.45, 7) is 8.86. The van der Waals surface area contributed by atoms with Crippen molar-refractivity contribution in [1.29, 1.82) is 0 Å². The van der Waals surface area contributed by atoms with Crippen LogP contribution in [0, 0.1) is 5.92 Å². The standard InChI is InChI=1S/C15H23ClN4O/c1-3-17-14-7-12(13(16)9-18-14)15(21)19-8-11-5-6-20(4-2)10-11/h7,9,11H,3-6,8,10H2,1-2H3,(H,17,18)(H,19,21). The van der Waals surface area contributed by atoms with Crippen molar-refractivity contribution in [3.8, 4) is 0 Å². The molecule has 1 saturated heterocycles. The van der Waals surface area contributed by atoms with Crippen LogP contribution in [0.3, 0.4) is 0 Å². The molecule has 0 aromatic carbocycles. The minimum Gasteiger partial charge on any atom is -0.370 e. The summed E-state index contributed by atoms with van der Waals surface area (Å²) in [5.41, 5.74) is 0.480. The number of nitrogens with zero attached hydrogens (tertiary/aromatic N) is 2. The Bertz CT molecular complexity index is 495. The van der Waals surface area contributed by atoms with Gasteiger partial charge >= 0.3 is 0 Å². The van der Waals surface area contributed by atoms with Crippen molar-refractivity contribution in [1.82, 2.24) is 15.2 Å². The zero-order chi connectivity index (χ0) is 15.2. The van der Waals surface area contributed by atoms with Crippen molar-refractivity contribution in [2.45, 2.75) is 20.3 Å². The molecular weight excluding hydrogens is 288 g/mol. The van der Waals surface area contributed by atoms with E-state index in [1.165, 1.54) is 6.20 Å². The number of likely N-dealkylation sites (tertiary alicyclic amines) is 1. The van der Waals surface area contributed by atoms with Crippen molar-refractivity contribution in [2.24, 2.45) is 5.92 Å². The van der Waals surface area contributed by atoms with E-state index in [9.17, 15) is 4.79 Å². The molecule has 0 radical (unpaired) electrons. The Labute approximate surface area is 131 Å². The molecule has 116 valence electrons. The minimum absolute atomic E-state index is 0.128. The molecule has 6 heteroatoms. The van der Waals surface area contributed by atoms with Gasteiger partial charge in [-0.2, -0.15) is 0 Å². The number of anilines is 1. The van der Waals surface area contributed by atoms with Crippen LogP contribution in [0.5, 0.6) is 0 Å². The zero-order valence-corrected chi connectivity index (χ0v) is 13.4. The highest BCUT2D eigenvalue weighted by Crippen LogP contribution is 2.19. The van der Waals surface area contributed by atoms with E-state index in [-0.39, 0.29) is 5.91 Å². The molecule has 5 nitrogen and oxygen atoms in total. The first-order valence-electron chi connectivity index (χ1n) is 7.54. The van der Waals surface area contributed by atoms with Crippen molar-refractivity contribution in [3.63, 3.8) is 0 Å². The molecule has 0 aliphatic carbocycles. The molecule has 1 unspecified atom stereocenters. The predicted octanol–water partition coefficient (Wildman–Crippen LogP) is 2.24. The van der Waals surface area contributed by atoms with E-state index in [0.717, 1.165) is 32.6 Å². The van der Waals surface area contributed by atoms with Crippen LogP contribution in [0.2, 0.25) is 5.02 Å². The molecule has 1 aromatic rings. The van der Waals surface area contributed by atoms with E-state index in [2.05, 4.69) is 27.4 Å². The van der Waals surface area contributed by atoms with Crippen LogP contribution in [0.15, 0.2) is 12.3 Å². The number of pyridine rings is 1. The number of hydrogen-bond donors (Lipinski definition) is 2. The van der Waals surface area contributed by atoms with Gasteiger partial charge in [-0.25, -0.2) is 4.98 Å². The lowest BCUT2D eigenvalue weighted by Gasteiger charge is -2.14. The van der Waals surface area contributed by atoms with E-state index >= 15 is 0 Å². The molecule has 0 spiro atoms. The van der Waals surface area contributed by atoms with Crippen LogP contribution < -0.4 is 10.6 Å². The van der Waals surface area contributed by atoms with Gasteiger partial charge in [-0.05, 0) is 38.4 Å². The summed E-state index contributed by atoms with van der Waals surface area (Å²) in [5.74, 6) is 1.07. The van der Waals surface area contributed by atoms with E-state index in [1.807, 2.05) is 6.92 Å². The van der Waals surface area contributed by atoms with Gasteiger partial charge in [0, 0.05) is 25.8 Å². The maximum Gasteiger partial charge on any atom is 0.253 e. The smallest absolute Gasteiger partial charge is 0.253 e. The van der Waals surface area contributed by atoms with Gasteiger partial charge in [-0.3, -0.25) is 4.79 Å². The second kappa shape index (κ2) is 7.61. The first kappa shape index (κ1) is 16.0. The first-order chi connectivity index (χ1) is 10.1. The number of carbonyl (C=O) groups is 1. The zero-order valence-electron chi connectivity index (χ0n) is 12.7. The Morgan fingerprint density at radius 1 is 1.52 bits per heavy atom. The topological polar surface area (TPSA) is 57.3 Å². The van der Waals surface area contributed by atoms with Gasteiger partial charge in [0.05, 0.1) is 10.6 Å². The van der Waals surface area contributed by atoms with Crippen LogP contribution >= 0.6 is 11.6 Å². The molecule has 0 saturated carbocycles. The summed E-state index contributed by atoms with van der Waals surface area (Å²) in [6.07, 6.45) is 2.66. The maximum absolute atomic E-state index is 12.3. The summed E-state index contributed by atoms with van der Waals surface area (Å²) >= 11 is 6.07. The van der Waals surface area contributed by atoms with Gasteiger partial charge in [0.25, 0.3) is 5.91 Å². The molecule has 2 N–H and O–H groups in total. The number of aromatic nitrogens is 1.